The first-order valence-electron chi connectivity index (χ1n) is 8.14. The van der Waals surface area contributed by atoms with E-state index in [1.54, 1.807) is 0 Å². The van der Waals surface area contributed by atoms with Gasteiger partial charge in [0, 0.05) is 0 Å². The third-order valence-electron chi connectivity index (χ3n) is 2.88. The van der Waals surface area contributed by atoms with Gasteiger partial charge in [0.15, 0.2) is 0 Å². The van der Waals surface area contributed by atoms with E-state index in [-0.39, 0.29) is 11.1 Å². The van der Waals surface area contributed by atoms with Crippen molar-refractivity contribution in [2.75, 3.05) is 0 Å². The predicted molar refractivity (Wildman–Crippen MR) is 106 cm³/mol. The van der Waals surface area contributed by atoms with Gasteiger partial charge in [0.2, 0.25) is 0 Å². The molecule has 0 N–H and O–H groups in total. The van der Waals surface area contributed by atoms with E-state index in [4.69, 9.17) is 9.98 Å². The Balaban J connectivity index is 3.20. The van der Waals surface area contributed by atoms with Crippen LogP contribution in [0.25, 0.3) is 0 Å². The van der Waals surface area contributed by atoms with Gasteiger partial charge in [-0.1, -0.05) is 0 Å². The fourth-order valence-corrected chi connectivity index (χ4v) is 6.29. The molecule has 0 saturated heterocycles. The molecule has 0 aliphatic rings. The number of benzene rings is 1. The van der Waals surface area contributed by atoms with Crippen molar-refractivity contribution >= 4 is 38.9 Å². The topological polar surface area (TPSA) is 24.7 Å². The molecule has 2 radical (unpaired) electrons. The Kier molecular flexibility index (Phi) is 7.80. The fraction of sp³-hybridized carbons (Fsp3) is 0.500. The van der Waals surface area contributed by atoms with Crippen molar-refractivity contribution in [1.29, 1.82) is 0 Å². The molecule has 0 unspecified atom stereocenters. The zero-order valence-corrected chi connectivity index (χ0v) is 18.9. The van der Waals surface area contributed by atoms with Gasteiger partial charge in [0.25, 0.3) is 0 Å². The number of allylic oxidation sites excluding steroid dienone is 1. The zero-order chi connectivity index (χ0) is 17.5. The van der Waals surface area contributed by atoms with Gasteiger partial charge in [0.1, 0.15) is 0 Å². The Hall–Kier alpha value is -0.817. The van der Waals surface area contributed by atoms with Gasteiger partial charge in [0.05, 0.1) is 0 Å². The zero-order valence-electron chi connectivity index (χ0n) is 15.4. The summed E-state index contributed by atoms with van der Waals surface area (Å²) >= 11 is -0.776. The van der Waals surface area contributed by atoms with E-state index in [0.717, 1.165) is 6.42 Å². The van der Waals surface area contributed by atoms with E-state index in [9.17, 15) is 0 Å². The molecule has 0 aromatic heterocycles. The number of hydrogen-bond acceptors (Lipinski definition) is 2. The Morgan fingerprint density at radius 1 is 0.957 bits per heavy atom. The molecule has 0 heterocycles. The summed E-state index contributed by atoms with van der Waals surface area (Å²) in [5.74, 6) is 0. The summed E-state index contributed by atoms with van der Waals surface area (Å²) in [5.41, 5.74) is 2.47. The number of rotatable bonds is 6. The predicted octanol–water partition coefficient (Wildman–Crippen LogP) is 4.45. The molecule has 1 rings (SSSR count). The van der Waals surface area contributed by atoms with Crippen LogP contribution in [-0.2, 0) is 0 Å². The molecule has 0 fully saturated rings. The van der Waals surface area contributed by atoms with Gasteiger partial charge in [-0.3, -0.25) is 0 Å². The normalized spacial score (nSPS) is 13.1. The molecule has 1 aromatic rings. The van der Waals surface area contributed by atoms with Gasteiger partial charge in [-0.2, -0.15) is 0 Å². The van der Waals surface area contributed by atoms with Crippen LogP contribution in [0.2, 0.25) is 4.13 Å². The minimum atomic E-state index is -0.776. The molecular weight excluding hydrogens is 477 g/mol. The van der Waals surface area contributed by atoms with Crippen molar-refractivity contribution < 1.29 is 0 Å². The number of nitrogens with zero attached hydrogens (tertiary/aromatic N) is 2. The molecule has 0 bridgehead atoms. The fourth-order valence-electron chi connectivity index (χ4n) is 1.76. The van der Waals surface area contributed by atoms with Gasteiger partial charge >= 0.3 is 154 Å². The Morgan fingerprint density at radius 3 is 1.83 bits per heavy atom. The second-order valence-corrected chi connectivity index (χ2v) is 12.3. The summed E-state index contributed by atoms with van der Waals surface area (Å²) in [6.07, 6.45) is 7.25. The van der Waals surface area contributed by atoms with E-state index in [2.05, 4.69) is 78.7 Å². The van der Waals surface area contributed by atoms with Crippen LogP contribution in [0.5, 0.6) is 0 Å². The molecule has 124 valence electrons. The van der Waals surface area contributed by atoms with Crippen LogP contribution in [0, 0.1) is 0 Å². The van der Waals surface area contributed by atoms with Crippen LogP contribution in [0.4, 0.5) is 0 Å². The van der Waals surface area contributed by atoms with Crippen molar-refractivity contribution in [2.24, 2.45) is 9.98 Å². The Morgan fingerprint density at radius 2 is 1.43 bits per heavy atom. The van der Waals surface area contributed by atoms with Crippen LogP contribution < -0.4 is 3.27 Å². The Labute approximate surface area is 153 Å². The summed E-state index contributed by atoms with van der Waals surface area (Å²) in [5, 5.41) is 0. The second-order valence-electron chi connectivity index (χ2n) is 7.60. The molecule has 0 aliphatic heterocycles. The summed E-state index contributed by atoms with van der Waals surface area (Å²) in [7, 11) is 0. The Bertz CT molecular complexity index is 530. The molecule has 23 heavy (non-hydrogen) atoms. The maximum absolute atomic E-state index is 4.70. The van der Waals surface area contributed by atoms with Crippen LogP contribution in [0.1, 0.15) is 59.1 Å². The summed E-state index contributed by atoms with van der Waals surface area (Å²) < 4.78 is 2.79. The molecule has 0 atom stereocenters. The number of hydrogen-bond donors (Lipinski definition) is 0. The summed E-state index contributed by atoms with van der Waals surface area (Å²) in [6.45, 7) is 16.6. The van der Waals surface area contributed by atoms with E-state index in [1.807, 2.05) is 6.08 Å². The minimum absolute atomic E-state index is 0.0416. The van der Waals surface area contributed by atoms with Crippen molar-refractivity contribution in [2.45, 2.75) is 63.2 Å². The second kappa shape index (κ2) is 8.87. The van der Waals surface area contributed by atoms with E-state index >= 15 is 0 Å². The summed E-state index contributed by atoms with van der Waals surface area (Å²) in [4.78, 5) is 9.41. The molecule has 3 heteroatoms. The van der Waals surface area contributed by atoms with Crippen LogP contribution >= 0.6 is 0 Å². The van der Waals surface area contributed by atoms with E-state index in [1.165, 1.54) is 18.5 Å². The van der Waals surface area contributed by atoms with E-state index in [0.29, 0.717) is 0 Å². The quantitative estimate of drug-likeness (QED) is 0.236. The first-order chi connectivity index (χ1) is 10.6. The monoisotopic (exact) mass is 507 g/mol. The third-order valence-corrected chi connectivity index (χ3v) is 7.99. The van der Waals surface area contributed by atoms with Crippen molar-refractivity contribution in [3.05, 3.63) is 42.0 Å². The van der Waals surface area contributed by atoms with Gasteiger partial charge in [-0.15, -0.1) is 0 Å². The van der Waals surface area contributed by atoms with Crippen LogP contribution in [0.15, 0.2) is 40.8 Å². The molecule has 0 spiro atoms. The first kappa shape index (κ1) is 20.2. The standard InChI is InChI=1S/C16H23N2.C4H7.Bi/c1-15(2,3)17-11-13-8-7-9-14(10-13)12-18-16(4,5)6;1-3-4-2;/h7-9,11-12H,1-6H3;3H,1-2,4H2;/q;;+1. The maximum atomic E-state index is 4.70. The van der Waals surface area contributed by atoms with Gasteiger partial charge < -0.3 is 0 Å². The van der Waals surface area contributed by atoms with Crippen LogP contribution in [-0.4, -0.2) is 46.7 Å². The molecule has 1 aromatic carbocycles. The number of aliphatic imine (C=N–C) groups is 2. The van der Waals surface area contributed by atoms with Gasteiger partial charge in [-0.05, 0) is 0 Å². The van der Waals surface area contributed by atoms with Crippen molar-refractivity contribution in [3.8, 4) is 0 Å². The van der Waals surface area contributed by atoms with Crippen LogP contribution in [0.3, 0.4) is 0 Å². The van der Waals surface area contributed by atoms with Crippen molar-refractivity contribution in [3.63, 3.8) is 0 Å². The third kappa shape index (κ3) is 8.56. The van der Waals surface area contributed by atoms with Crippen molar-refractivity contribution in [1.82, 2.24) is 0 Å². The molecule has 0 saturated carbocycles. The summed E-state index contributed by atoms with van der Waals surface area (Å²) in [6, 6.07) is 6.50. The van der Waals surface area contributed by atoms with Gasteiger partial charge in [-0.25, -0.2) is 0 Å². The molecule has 2 nitrogen and oxygen atoms in total. The first-order valence-corrected chi connectivity index (χ1v) is 12.3. The average Bonchev–Trinajstić information content (AvgIpc) is 2.42. The average molecular weight is 507 g/mol. The molecule has 0 aliphatic carbocycles. The SMILES string of the molecule is C=CC[CH2][Bi+][c]1c(C=NC(C)(C)C)cccc1C=NC(C)(C)C. The van der Waals surface area contributed by atoms with E-state index < -0.39 is 23.2 Å². The molecular formula is C20H30BiN2+. The molecule has 0 amide bonds.